The molecular weight excluding hydrogens is 529 g/mol. The summed E-state index contributed by atoms with van der Waals surface area (Å²) in [5.74, 6) is 1.11. The Morgan fingerprint density at radius 1 is 1.15 bits per heavy atom. The summed E-state index contributed by atoms with van der Waals surface area (Å²) in [6, 6.07) is 11.9. The number of nitrogens with zero attached hydrogens (tertiary/aromatic N) is 2. The van der Waals surface area contributed by atoms with Crippen molar-refractivity contribution in [3.8, 4) is 34.4 Å². The van der Waals surface area contributed by atoms with Gasteiger partial charge in [0.15, 0.2) is 0 Å². The molecule has 5 nitrogen and oxygen atoms in total. The fourth-order valence-electron chi connectivity index (χ4n) is 5.28. The lowest BCUT2D eigenvalue weighted by Crippen LogP contribution is -2.18. The lowest BCUT2D eigenvalue weighted by atomic mass is 9.83. The van der Waals surface area contributed by atoms with E-state index in [1.54, 1.807) is 29.8 Å². The second kappa shape index (κ2) is 12.4. The molecule has 1 aliphatic heterocycles. The number of pyridine rings is 2. The Hall–Kier alpha value is -4.41. The number of halogens is 1. The third-order valence-corrected chi connectivity index (χ3v) is 8.72. The molecule has 0 unspecified atom stereocenters. The summed E-state index contributed by atoms with van der Waals surface area (Å²) < 4.78 is 15.3. The number of nitrogens with one attached hydrogen (secondary N) is 3. The molecule has 6 rings (SSSR count). The number of aryl methyl sites for hydroxylation is 1. The van der Waals surface area contributed by atoms with Crippen molar-refractivity contribution in [3.63, 3.8) is 0 Å². The maximum atomic E-state index is 15.3. The van der Waals surface area contributed by atoms with Crippen LogP contribution in [0.2, 0.25) is 0 Å². The van der Waals surface area contributed by atoms with E-state index in [4.69, 9.17) is 0 Å². The average molecular weight is 564 g/mol. The van der Waals surface area contributed by atoms with Gasteiger partial charge in [-0.2, -0.15) is 0 Å². The van der Waals surface area contributed by atoms with E-state index < -0.39 is 0 Å². The van der Waals surface area contributed by atoms with Crippen molar-refractivity contribution in [2.75, 3.05) is 23.0 Å². The second-order valence-electron chi connectivity index (χ2n) is 10.3. The Kier molecular flexibility index (Phi) is 8.51. The molecule has 4 aromatic rings. The normalized spacial score (nSPS) is 13.9. The number of hydrogen-bond donors (Lipinski definition) is 3. The highest BCUT2D eigenvalue weighted by molar-refractivity contribution is 7.15. The van der Waals surface area contributed by atoms with Crippen molar-refractivity contribution in [1.29, 1.82) is 0 Å². The predicted molar refractivity (Wildman–Crippen MR) is 171 cm³/mol. The van der Waals surface area contributed by atoms with Crippen LogP contribution in [0.15, 0.2) is 79.0 Å². The number of allylic oxidation sites excluding steroid dienone is 3. The quantitative estimate of drug-likeness (QED) is 0.188. The zero-order valence-electron chi connectivity index (χ0n) is 23.4. The van der Waals surface area contributed by atoms with Crippen LogP contribution in [0.5, 0.6) is 0 Å². The van der Waals surface area contributed by atoms with E-state index in [9.17, 15) is 0 Å². The van der Waals surface area contributed by atoms with E-state index in [0.717, 1.165) is 46.1 Å². The van der Waals surface area contributed by atoms with Crippen LogP contribution < -0.4 is 16.0 Å². The molecule has 3 N–H and O–H groups in total. The van der Waals surface area contributed by atoms with Crippen LogP contribution >= 0.6 is 11.3 Å². The van der Waals surface area contributed by atoms with Gasteiger partial charge in [0.25, 0.3) is 0 Å². The van der Waals surface area contributed by atoms with Gasteiger partial charge in [-0.25, -0.2) is 9.37 Å². The largest absolute Gasteiger partial charge is 0.388 e. The van der Waals surface area contributed by atoms with E-state index in [0.29, 0.717) is 17.9 Å². The average Bonchev–Trinajstić information content (AvgIpc) is 3.39. The molecule has 0 radical (unpaired) electrons. The van der Waals surface area contributed by atoms with Crippen molar-refractivity contribution in [1.82, 2.24) is 9.97 Å². The first-order valence-electron chi connectivity index (χ1n) is 13.7. The fraction of sp³-hybridized carbons (Fsp3) is 0.235. The first-order valence-corrected chi connectivity index (χ1v) is 14.6. The molecule has 0 spiro atoms. The zero-order chi connectivity index (χ0) is 28.9. The number of hydrogen-bond acceptors (Lipinski definition) is 6. The van der Waals surface area contributed by atoms with Crippen LogP contribution in [0.4, 0.5) is 21.6 Å². The van der Waals surface area contributed by atoms with E-state index in [-0.39, 0.29) is 5.82 Å². The summed E-state index contributed by atoms with van der Waals surface area (Å²) in [5, 5.41) is 10.1. The van der Waals surface area contributed by atoms with Crippen molar-refractivity contribution in [2.24, 2.45) is 5.92 Å². The van der Waals surface area contributed by atoms with Gasteiger partial charge in [-0.15, -0.1) is 24.2 Å². The molecule has 3 aromatic heterocycles. The molecule has 1 fully saturated rings. The van der Waals surface area contributed by atoms with Gasteiger partial charge in [-0.3, -0.25) is 4.98 Å². The minimum atomic E-state index is -0.284. The number of anilines is 3. The molecule has 0 saturated heterocycles. The van der Waals surface area contributed by atoms with Gasteiger partial charge in [0.1, 0.15) is 11.6 Å². The van der Waals surface area contributed by atoms with Crippen molar-refractivity contribution in [3.05, 3.63) is 101 Å². The van der Waals surface area contributed by atoms with Crippen molar-refractivity contribution < 1.29 is 4.39 Å². The molecule has 1 aliphatic carbocycles. The number of rotatable bonds is 8. The monoisotopic (exact) mass is 563 g/mol. The standard InChI is InChI=1S/C32H32FN5S.C2H2/c1-19-7-10-31(39-19)26-11-12-36-32-27(26)9-8-24(38-32)13-22-15-28(29(33)16-30(22)34-3)23-14-25(18-35-17-23)37-20(2)21-5-4-6-21;1-2/h7-8,10-12,14-18,21,34,37H,2,4-6,9,13H2,1,3H3,(H,36,38);1-2H. The van der Waals surface area contributed by atoms with Gasteiger partial charge in [0.05, 0.1) is 11.9 Å². The minimum absolute atomic E-state index is 0.284. The molecule has 2 aliphatic rings. The van der Waals surface area contributed by atoms with Crippen LogP contribution in [0.25, 0.3) is 21.6 Å². The van der Waals surface area contributed by atoms with Gasteiger partial charge in [0, 0.05) is 75.0 Å². The molecule has 1 aromatic carbocycles. The van der Waals surface area contributed by atoms with Gasteiger partial charge in [-0.05, 0) is 74.1 Å². The molecule has 0 amide bonds. The van der Waals surface area contributed by atoms with Crippen LogP contribution in [0, 0.1) is 31.5 Å². The molecule has 0 atom stereocenters. The van der Waals surface area contributed by atoms with E-state index >= 15 is 4.39 Å². The summed E-state index contributed by atoms with van der Waals surface area (Å²) in [4.78, 5) is 11.6. The molecule has 1 saturated carbocycles. The maximum absolute atomic E-state index is 15.3. The van der Waals surface area contributed by atoms with Crippen LogP contribution in [0.1, 0.15) is 35.3 Å². The fourth-order valence-corrected chi connectivity index (χ4v) is 6.21. The van der Waals surface area contributed by atoms with Gasteiger partial charge in [-0.1, -0.05) is 19.1 Å². The molecule has 7 heteroatoms. The molecule has 0 bridgehead atoms. The number of terminal acetylenes is 1. The predicted octanol–water partition coefficient (Wildman–Crippen LogP) is 8.43. The highest BCUT2D eigenvalue weighted by Gasteiger charge is 2.21. The Morgan fingerprint density at radius 3 is 2.68 bits per heavy atom. The molecule has 208 valence electrons. The lowest BCUT2D eigenvalue weighted by Gasteiger charge is -2.28. The lowest BCUT2D eigenvalue weighted by molar-refractivity contribution is 0.371. The highest BCUT2D eigenvalue weighted by atomic mass is 32.1. The Labute approximate surface area is 245 Å². The van der Waals surface area contributed by atoms with Gasteiger partial charge in [0.2, 0.25) is 0 Å². The first kappa shape index (κ1) is 28.1. The topological polar surface area (TPSA) is 61.9 Å². The molecule has 4 heterocycles. The summed E-state index contributed by atoms with van der Waals surface area (Å²) in [6.45, 7) is 6.32. The van der Waals surface area contributed by atoms with E-state index in [1.165, 1.54) is 40.1 Å². The van der Waals surface area contributed by atoms with Crippen LogP contribution in [-0.4, -0.2) is 17.0 Å². The van der Waals surface area contributed by atoms with Crippen LogP contribution in [-0.2, 0) is 12.8 Å². The Morgan fingerprint density at radius 2 is 1.98 bits per heavy atom. The summed E-state index contributed by atoms with van der Waals surface area (Å²) >= 11 is 1.80. The number of thiophene rings is 1. The van der Waals surface area contributed by atoms with Crippen molar-refractivity contribution in [2.45, 2.75) is 39.0 Å². The highest BCUT2D eigenvalue weighted by Crippen LogP contribution is 2.37. The van der Waals surface area contributed by atoms with Crippen molar-refractivity contribution >= 4 is 28.5 Å². The molecule has 41 heavy (non-hydrogen) atoms. The summed E-state index contributed by atoms with van der Waals surface area (Å²) in [7, 11) is 1.82. The first-order chi connectivity index (χ1) is 20.0. The smallest absolute Gasteiger partial charge is 0.134 e. The van der Waals surface area contributed by atoms with E-state index in [2.05, 4.69) is 76.5 Å². The van der Waals surface area contributed by atoms with Gasteiger partial charge < -0.3 is 16.0 Å². The zero-order valence-corrected chi connectivity index (χ0v) is 24.2. The number of benzene rings is 1. The molecular formula is C34H34FN5S. The SMILES string of the molecule is C#C.C=C(Nc1cncc(-c2cc(CC3=CCc4c(-c5ccc(C)s5)ccnc4N3)c(NC)cc2F)c1)C1CCC1. The number of aromatic nitrogens is 2. The van der Waals surface area contributed by atoms with E-state index in [1.807, 2.05) is 25.4 Å². The minimum Gasteiger partial charge on any atom is -0.388 e. The van der Waals surface area contributed by atoms with Gasteiger partial charge >= 0.3 is 0 Å². The third kappa shape index (κ3) is 6.03. The third-order valence-electron chi connectivity index (χ3n) is 7.69. The second-order valence-corrected chi connectivity index (χ2v) is 11.6. The van der Waals surface area contributed by atoms with Crippen LogP contribution in [0.3, 0.4) is 0 Å². The summed E-state index contributed by atoms with van der Waals surface area (Å²) in [5.41, 5.74) is 8.34. The Balaban J connectivity index is 0.00000165. The summed E-state index contributed by atoms with van der Waals surface area (Å²) in [6.07, 6.45) is 20.6. The number of fused-ring (bicyclic) bond motifs is 1. The Bertz CT molecular complexity index is 1630. The maximum Gasteiger partial charge on any atom is 0.134 e.